The van der Waals surface area contributed by atoms with Crippen LogP contribution >= 0.6 is 11.6 Å². The molecule has 0 bridgehead atoms. The maximum atomic E-state index is 11.2. The molecule has 0 amide bonds. The number of anilines is 2. The van der Waals surface area contributed by atoms with E-state index in [9.17, 15) is 9.90 Å². The smallest absolute Gasteiger partial charge is 0.305 e. The van der Waals surface area contributed by atoms with Gasteiger partial charge in [0, 0.05) is 50.1 Å². The Morgan fingerprint density at radius 2 is 2.00 bits per heavy atom. The molecule has 8 nitrogen and oxygen atoms in total. The predicted octanol–water partition coefficient (Wildman–Crippen LogP) is 4.12. The van der Waals surface area contributed by atoms with Gasteiger partial charge in [-0.2, -0.15) is 0 Å². The molecular weight excluding hydrogens is 444 g/mol. The van der Waals surface area contributed by atoms with Crippen LogP contribution in [0.25, 0.3) is 0 Å². The lowest BCUT2D eigenvalue weighted by molar-refractivity contribution is -0.137. The van der Waals surface area contributed by atoms with Crippen molar-refractivity contribution in [1.82, 2.24) is 9.97 Å². The SMILES string of the molecule is COc1cc(N2CCC(Oc3ccc(N4C[C@H](C)C[C@@H]4CC(=O)O)cn3)C(C)C2)c(Cl)cn1. The molecule has 1 N–H and O–H groups in total. The van der Waals surface area contributed by atoms with Crippen LogP contribution in [0.15, 0.2) is 30.6 Å². The van der Waals surface area contributed by atoms with Gasteiger partial charge in [0.15, 0.2) is 0 Å². The number of hydrogen-bond acceptors (Lipinski definition) is 7. The number of halogens is 1. The fraction of sp³-hybridized carbons (Fsp3) is 0.542. The van der Waals surface area contributed by atoms with Gasteiger partial charge < -0.3 is 24.4 Å². The van der Waals surface area contributed by atoms with Crippen LogP contribution in [0.3, 0.4) is 0 Å². The summed E-state index contributed by atoms with van der Waals surface area (Å²) in [6.07, 6.45) is 5.34. The highest BCUT2D eigenvalue weighted by molar-refractivity contribution is 6.33. The van der Waals surface area contributed by atoms with E-state index < -0.39 is 5.97 Å². The molecule has 0 aliphatic carbocycles. The minimum atomic E-state index is -0.765. The van der Waals surface area contributed by atoms with Crippen molar-refractivity contribution in [2.24, 2.45) is 11.8 Å². The number of carbonyl (C=O) groups is 1. The summed E-state index contributed by atoms with van der Waals surface area (Å²) in [6, 6.07) is 5.75. The number of aliphatic carboxylic acids is 1. The standard InChI is InChI=1S/C24H31ClN4O4/c1-15-8-18(9-24(30)31)29(13-15)17-4-5-22(26-11-17)33-21-6-7-28(14-16(21)2)20-10-23(32-3)27-12-19(20)25/h4-5,10-12,15-16,18,21H,6-9,13-14H2,1-3H3,(H,30,31)/t15-,16?,18-,21?/m1/s1. The molecule has 9 heteroatoms. The highest BCUT2D eigenvalue weighted by atomic mass is 35.5. The van der Waals surface area contributed by atoms with Crippen LogP contribution in [0.2, 0.25) is 5.02 Å². The van der Waals surface area contributed by atoms with Gasteiger partial charge in [0.05, 0.1) is 42.3 Å². The molecule has 4 rings (SSSR count). The predicted molar refractivity (Wildman–Crippen MR) is 128 cm³/mol. The second kappa shape index (κ2) is 10.0. The molecule has 33 heavy (non-hydrogen) atoms. The maximum Gasteiger partial charge on any atom is 0.305 e. The lowest BCUT2D eigenvalue weighted by Gasteiger charge is -2.38. The number of carboxylic acid groups (broad SMARTS) is 1. The van der Waals surface area contributed by atoms with Crippen molar-refractivity contribution >= 4 is 28.9 Å². The summed E-state index contributed by atoms with van der Waals surface area (Å²) in [6.45, 7) is 6.78. The third-order valence-corrected chi connectivity index (χ3v) is 6.84. The zero-order valence-electron chi connectivity index (χ0n) is 19.3. The summed E-state index contributed by atoms with van der Waals surface area (Å²) < 4.78 is 11.5. The van der Waals surface area contributed by atoms with Crippen LogP contribution in [-0.2, 0) is 4.79 Å². The Morgan fingerprint density at radius 3 is 2.67 bits per heavy atom. The fourth-order valence-corrected chi connectivity index (χ4v) is 5.13. The molecule has 178 valence electrons. The number of ether oxygens (including phenoxy) is 2. The minimum absolute atomic E-state index is 0.00838. The molecule has 2 aromatic rings. The first kappa shape index (κ1) is 23.4. The van der Waals surface area contributed by atoms with Crippen LogP contribution in [-0.4, -0.2) is 59.9 Å². The Balaban J connectivity index is 1.38. The molecular formula is C24H31ClN4O4. The first-order chi connectivity index (χ1) is 15.8. The van der Waals surface area contributed by atoms with Crippen LogP contribution in [0.4, 0.5) is 11.4 Å². The van der Waals surface area contributed by atoms with E-state index in [2.05, 4.69) is 33.6 Å². The number of nitrogens with zero attached hydrogens (tertiary/aromatic N) is 4. The third-order valence-electron chi connectivity index (χ3n) is 6.54. The van der Waals surface area contributed by atoms with E-state index in [1.54, 1.807) is 19.5 Å². The molecule has 2 unspecified atom stereocenters. The van der Waals surface area contributed by atoms with Gasteiger partial charge in [-0.05, 0) is 18.4 Å². The molecule has 4 atom stereocenters. The molecule has 2 aliphatic heterocycles. The van der Waals surface area contributed by atoms with Gasteiger partial charge in [0.2, 0.25) is 11.8 Å². The van der Waals surface area contributed by atoms with Gasteiger partial charge in [-0.25, -0.2) is 9.97 Å². The largest absolute Gasteiger partial charge is 0.481 e. The van der Waals surface area contributed by atoms with E-state index in [0.29, 0.717) is 22.7 Å². The topological polar surface area (TPSA) is 88.0 Å². The van der Waals surface area contributed by atoms with Crippen molar-refractivity contribution in [3.05, 3.63) is 35.6 Å². The summed E-state index contributed by atoms with van der Waals surface area (Å²) in [4.78, 5) is 24.3. The average molecular weight is 475 g/mol. The first-order valence-corrected chi connectivity index (χ1v) is 11.8. The van der Waals surface area contributed by atoms with Gasteiger partial charge >= 0.3 is 5.97 Å². The van der Waals surface area contributed by atoms with Crippen molar-refractivity contribution < 1.29 is 19.4 Å². The second-order valence-corrected chi connectivity index (χ2v) is 9.55. The van der Waals surface area contributed by atoms with Crippen LogP contribution < -0.4 is 19.3 Å². The van der Waals surface area contributed by atoms with Crippen molar-refractivity contribution in [2.45, 2.75) is 45.3 Å². The second-order valence-electron chi connectivity index (χ2n) is 9.15. The Labute approximate surface area is 199 Å². The van der Waals surface area contributed by atoms with Gasteiger partial charge in [-0.1, -0.05) is 25.4 Å². The van der Waals surface area contributed by atoms with E-state index in [0.717, 1.165) is 43.9 Å². The first-order valence-electron chi connectivity index (χ1n) is 11.4. The molecule has 2 aromatic heterocycles. The van der Waals surface area contributed by atoms with Gasteiger partial charge in [0.1, 0.15) is 6.10 Å². The van der Waals surface area contributed by atoms with Crippen LogP contribution in [0.5, 0.6) is 11.8 Å². The lowest BCUT2D eigenvalue weighted by Crippen LogP contribution is -2.44. The number of hydrogen-bond donors (Lipinski definition) is 1. The third kappa shape index (κ3) is 5.43. The van der Waals surface area contributed by atoms with Crippen molar-refractivity contribution in [2.75, 3.05) is 36.5 Å². The normalized spacial score (nSPS) is 25.2. The fourth-order valence-electron chi connectivity index (χ4n) is 4.91. The Kier molecular flexibility index (Phi) is 7.12. The quantitative estimate of drug-likeness (QED) is 0.641. The molecule has 4 heterocycles. The average Bonchev–Trinajstić information content (AvgIpc) is 3.15. The Morgan fingerprint density at radius 1 is 1.21 bits per heavy atom. The number of rotatable bonds is 7. The molecule has 0 aromatic carbocycles. The number of piperidine rings is 1. The number of carboxylic acids is 1. The highest BCUT2D eigenvalue weighted by Crippen LogP contribution is 2.34. The maximum absolute atomic E-state index is 11.2. The molecule has 2 fully saturated rings. The van der Waals surface area contributed by atoms with Gasteiger partial charge in [-0.15, -0.1) is 0 Å². The molecule has 2 saturated heterocycles. The van der Waals surface area contributed by atoms with Crippen molar-refractivity contribution in [3.8, 4) is 11.8 Å². The van der Waals surface area contributed by atoms with E-state index in [1.165, 1.54) is 0 Å². The Bertz CT molecular complexity index is 973. The van der Waals surface area contributed by atoms with Crippen molar-refractivity contribution in [3.63, 3.8) is 0 Å². The lowest BCUT2D eigenvalue weighted by atomic mass is 9.96. The minimum Gasteiger partial charge on any atom is -0.481 e. The molecule has 0 spiro atoms. The molecule has 2 aliphatic rings. The molecule has 0 radical (unpaired) electrons. The number of pyridine rings is 2. The monoisotopic (exact) mass is 474 g/mol. The number of aromatic nitrogens is 2. The number of methoxy groups -OCH3 is 1. The summed E-state index contributed by atoms with van der Waals surface area (Å²) in [5.74, 6) is 1.11. The van der Waals surface area contributed by atoms with E-state index in [1.807, 2.05) is 18.2 Å². The van der Waals surface area contributed by atoms with Crippen LogP contribution in [0.1, 0.15) is 33.1 Å². The molecule has 0 saturated carbocycles. The van der Waals surface area contributed by atoms with E-state index in [-0.39, 0.29) is 24.5 Å². The summed E-state index contributed by atoms with van der Waals surface area (Å²) in [7, 11) is 1.59. The van der Waals surface area contributed by atoms with Gasteiger partial charge in [0.25, 0.3) is 0 Å². The summed E-state index contributed by atoms with van der Waals surface area (Å²) >= 11 is 6.38. The van der Waals surface area contributed by atoms with E-state index >= 15 is 0 Å². The Hall–Kier alpha value is -2.74. The van der Waals surface area contributed by atoms with Crippen LogP contribution in [0, 0.1) is 11.8 Å². The zero-order valence-corrected chi connectivity index (χ0v) is 20.0. The summed E-state index contributed by atoms with van der Waals surface area (Å²) in [5.41, 5.74) is 1.87. The van der Waals surface area contributed by atoms with Gasteiger partial charge in [-0.3, -0.25) is 4.79 Å². The van der Waals surface area contributed by atoms with Crippen molar-refractivity contribution in [1.29, 1.82) is 0 Å². The highest BCUT2D eigenvalue weighted by Gasteiger charge is 2.32. The van der Waals surface area contributed by atoms with E-state index in [4.69, 9.17) is 21.1 Å². The summed E-state index contributed by atoms with van der Waals surface area (Å²) in [5, 5.41) is 9.83. The zero-order chi connectivity index (χ0) is 23.5.